The fraction of sp³-hybridized carbons (Fsp3) is 0.417. The van der Waals surface area contributed by atoms with E-state index in [9.17, 15) is 4.79 Å². The standard InChI is InChI=1S/C12H15NO3/c14-10-5-3-9(4-6-10)8-13-7-1-2-11(13)12(15)16/h3-6,11,14H,1-2,7-8H2,(H,15,16). The molecule has 0 bridgehead atoms. The fourth-order valence-electron chi connectivity index (χ4n) is 2.13. The van der Waals surface area contributed by atoms with Crippen LogP contribution >= 0.6 is 0 Å². The van der Waals surface area contributed by atoms with Crippen molar-refractivity contribution >= 4 is 5.97 Å². The lowest BCUT2D eigenvalue weighted by Crippen LogP contribution is -2.35. The molecule has 1 saturated heterocycles. The number of aromatic hydroxyl groups is 1. The maximum atomic E-state index is 11.0. The zero-order valence-corrected chi connectivity index (χ0v) is 8.97. The molecule has 16 heavy (non-hydrogen) atoms. The summed E-state index contributed by atoms with van der Waals surface area (Å²) >= 11 is 0. The largest absolute Gasteiger partial charge is 0.508 e. The molecular weight excluding hydrogens is 206 g/mol. The van der Waals surface area contributed by atoms with Crippen LogP contribution in [0.2, 0.25) is 0 Å². The second-order valence-electron chi connectivity index (χ2n) is 4.13. The van der Waals surface area contributed by atoms with E-state index in [1.165, 1.54) is 0 Å². The average molecular weight is 221 g/mol. The number of phenolic OH excluding ortho intramolecular Hbond substituents is 1. The molecule has 1 fully saturated rings. The first-order valence-corrected chi connectivity index (χ1v) is 5.41. The van der Waals surface area contributed by atoms with Crippen LogP contribution in [0.3, 0.4) is 0 Å². The van der Waals surface area contributed by atoms with Crippen LogP contribution in [0.25, 0.3) is 0 Å². The molecule has 1 aromatic carbocycles. The van der Waals surface area contributed by atoms with Crippen molar-refractivity contribution in [2.75, 3.05) is 6.54 Å². The van der Waals surface area contributed by atoms with E-state index in [2.05, 4.69) is 0 Å². The second-order valence-corrected chi connectivity index (χ2v) is 4.13. The molecule has 1 aliphatic heterocycles. The van der Waals surface area contributed by atoms with Crippen molar-refractivity contribution in [1.82, 2.24) is 4.90 Å². The van der Waals surface area contributed by atoms with Gasteiger partial charge in [-0.05, 0) is 37.1 Å². The van der Waals surface area contributed by atoms with Crippen molar-refractivity contribution in [1.29, 1.82) is 0 Å². The summed E-state index contributed by atoms with van der Waals surface area (Å²) in [5.41, 5.74) is 1.03. The number of rotatable bonds is 3. The lowest BCUT2D eigenvalue weighted by atomic mass is 10.2. The SMILES string of the molecule is O=C(O)C1CCCN1Cc1ccc(O)cc1. The number of phenols is 1. The van der Waals surface area contributed by atoms with Crippen molar-refractivity contribution in [3.8, 4) is 5.75 Å². The van der Waals surface area contributed by atoms with Gasteiger partial charge in [-0.3, -0.25) is 9.69 Å². The van der Waals surface area contributed by atoms with Gasteiger partial charge in [-0.2, -0.15) is 0 Å². The molecule has 86 valence electrons. The third-order valence-corrected chi connectivity index (χ3v) is 2.97. The average Bonchev–Trinajstić information content (AvgIpc) is 2.69. The van der Waals surface area contributed by atoms with Gasteiger partial charge in [-0.25, -0.2) is 0 Å². The van der Waals surface area contributed by atoms with Crippen LogP contribution in [-0.4, -0.2) is 33.7 Å². The highest BCUT2D eigenvalue weighted by Gasteiger charge is 2.30. The first-order valence-electron chi connectivity index (χ1n) is 5.41. The minimum absolute atomic E-state index is 0.236. The minimum Gasteiger partial charge on any atom is -0.508 e. The van der Waals surface area contributed by atoms with Crippen molar-refractivity contribution in [3.05, 3.63) is 29.8 Å². The van der Waals surface area contributed by atoms with Crippen LogP contribution in [0, 0.1) is 0 Å². The van der Waals surface area contributed by atoms with E-state index < -0.39 is 5.97 Å². The third kappa shape index (κ3) is 2.33. The quantitative estimate of drug-likeness (QED) is 0.810. The van der Waals surface area contributed by atoms with E-state index in [-0.39, 0.29) is 11.8 Å². The Morgan fingerprint density at radius 1 is 1.38 bits per heavy atom. The molecular formula is C12H15NO3. The molecule has 0 spiro atoms. The third-order valence-electron chi connectivity index (χ3n) is 2.97. The molecule has 4 heteroatoms. The number of benzene rings is 1. The first kappa shape index (κ1) is 11.0. The molecule has 2 rings (SSSR count). The van der Waals surface area contributed by atoms with Gasteiger partial charge in [-0.1, -0.05) is 12.1 Å². The summed E-state index contributed by atoms with van der Waals surface area (Å²) in [6.45, 7) is 1.47. The van der Waals surface area contributed by atoms with Gasteiger partial charge in [-0.15, -0.1) is 0 Å². The Balaban J connectivity index is 2.03. The number of carbonyl (C=O) groups is 1. The first-order chi connectivity index (χ1) is 7.66. The van der Waals surface area contributed by atoms with Gasteiger partial charge in [0.1, 0.15) is 11.8 Å². The van der Waals surface area contributed by atoms with Crippen LogP contribution in [-0.2, 0) is 11.3 Å². The topological polar surface area (TPSA) is 60.8 Å². The van der Waals surface area contributed by atoms with Gasteiger partial charge in [0.25, 0.3) is 0 Å². The number of hydrogen-bond donors (Lipinski definition) is 2. The molecule has 1 aliphatic rings. The van der Waals surface area contributed by atoms with E-state index in [0.717, 1.165) is 24.9 Å². The normalized spacial score (nSPS) is 21.1. The Hall–Kier alpha value is -1.55. The summed E-state index contributed by atoms with van der Waals surface area (Å²) in [7, 11) is 0. The van der Waals surface area contributed by atoms with Crippen LogP contribution in [0.5, 0.6) is 5.75 Å². The van der Waals surface area contributed by atoms with E-state index in [1.807, 2.05) is 17.0 Å². The predicted molar refractivity (Wildman–Crippen MR) is 59.2 cm³/mol. The summed E-state index contributed by atoms with van der Waals surface area (Å²) in [6.07, 6.45) is 1.67. The molecule has 1 aromatic rings. The van der Waals surface area contributed by atoms with Crippen LogP contribution in [0.15, 0.2) is 24.3 Å². The Morgan fingerprint density at radius 3 is 2.69 bits per heavy atom. The second kappa shape index (κ2) is 4.53. The summed E-state index contributed by atoms with van der Waals surface area (Å²) in [4.78, 5) is 12.9. The Kier molecular flexibility index (Phi) is 3.10. The number of hydrogen-bond acceptors (Lipinski definition) is 3. The van der Waals surface area contributed by atoms with Gasteiger partial charge in [0.15, 0.2) is 0 Å². The van der Waals surface area contributed by atoms with Gasteiger partial charge in [0, 0.05) is 6.54 Å². The van der Waals surface area contributed by atoms with Gasteiger partial charge >= 0.3 is 5.97 Å². The summed E-state index contributed by atoms with van der Waals surface area (Å²) in [5.74, 6) is -0.503. The Labute approximate surface area is 94.1 Å². The highest BCUT2D eigenvalue weighted by molar-refractivity contribution is 5.73. The zero-order valence-electron chi connectivity index (χ0n) is 8.97. The number of carboxylic acid groups (broad SMARTS) is 1. The summed E-state index contributed by atoms with van der Waals surface area (Å²) in [5, 5.41) is 18.2. The lowest BCUT2D eigenvalue weighted by Gasteiger charge is -2.20. The van der Waals surface area contributed by atoms with Gasteiger partial charge in [0.05, 0.1) is 0 Å². The molecule has 1 heterocycles. The maximum Gasteiger partial charge on any atom is 0.320 e. The van der Waals surface area contributed by atoms with Gasteiger partial charge < -0.3 is 10.2 Å². The maximum absolute atomic E-state index is 11.0. The number of likely N-dealkylation sites (tertiary alicyclic amines) is 1. The molecule has 4 nitrogen and oxygen atoms in total. The van der Waals surface area contributed by atoms with Crippen molar-refractivity contribution in [2.45, 2.75) is 25.4 Å². The van der Waals surface area contributed by atoms with E-state index in [0.29, 0.717) is 6.54 Å². The summed E-state index contributed by atoms with van der Waals surface area (Å²) < 4.78 is 0. The Morgan fingerprint density at radius 2 is 2.06 bits per heavy atom. The van der Waals surface area contributed by atoms with Crippen LogP contribution in [0.1, 0.15) is 18.4 Å². The summed E-state index contributed by atoms with van der Waals surface area (Å²) in [6, 6.07) is 6.55. The number of nitrogens with zero attached hydrogens (tertiary/aromatic N) is 1. The van der Waals surface area contributed by atoms with Gasteiger partial charge in [0.2, 0.25) is 0 Å². The molecule has 1 unspecified atom stereocenters. The molecule has 0 aromatic heterocycles. The predicted octanol–water partition coefficient (Wildman–Crippen LogP) is 1.44. The van der Waals surface area contributed by atoms with Crippen molar-refractivity contribution < 1.29 is 15.0 Å². The lowest BCUT2D eigenvalue weighted by molar-refractivity contribution is -0.142. The molecule has 0 aliphatic carbocycles. The smallest absolute Gasteiger partial charge is 0.320 e. The minimum atomic E-state index is -0.740. The van der Waals surface area contributed by atoms with Crippen molar-refractivity contribution in [2.24, 2.45) is 0 Å². The van der Waals surface area contributed by atoms with E-state index in [4.69, 9.17) is 10.2 Å². The molecule has 0 saturated carbocycles. The molecule has 0 amide bonds. The molecule has 2 N–H and O–H groups in total. The number of aliphatic carboxylic acids is 1. The highest BCUT2D eigenvalue weighted by Crippen LogP contribution is 2.21. The fourth-order valence-corrected chi connectivity index (χ4v) is 2.13. The zero-order chi connectivity index (χ0) is 11.5. The van der Waals surface area contributed by atoms with Crippen LogP contribution in [0.4, 0.5) is 0 Å². The molecule has 1 atom stereocenters. The monoisotopic (exact) mass is 221 g/mol. The van der Waals surface area contributed by atoms with E-state index >= 15 is 0 Å². The Bertz CT molecular complexity index is 374. The van der Waals surface area contributed by atoms with Crippen molar-refractivity contribution in [3.63, 3.8) is 0 Å². The van der Waals surface area contributed by atoms with Crippen LogP contribution < -0.4 is 0 Å². The van der Waals surface area contributed by atoms with E-state index in [1.54, 1.807) is 12.1 Å². The number of carboxylic acids is 1. The molecule has 0 radical (unpaired) electrons. The highest BCUT2D eigenvalue weighted by atomic mass is 16.4.